The number of nitrogens with one attached hydrogen (secondary N) is 1. The van der Waals surface area contributed by atoms with Crippen LogP contribution in [0.5, 0.6) is 5.75 Å². The van der Waals surface area contributed by atoms with Gasteiger partial charge in [-0.2, -0.15) is 5.26 Å². The molecule has 112 valence electrons. The minimum absolute atomic E-state index is 0.312. The maximum absolute atomic E-state index is 9.25. The molecule has 1 spiro atoms. The molecule has 1 saturated heterocycles. The van der Waals surface area contributed by atoms with Crippen LogP contribution in [0.3, 0.4) is 0 Å². The fourth-order valence-corrected chi connectivity index (χ4v) is 3.14. The fourth-order valence-electron chi connectivity index (χ4n) is 3.14. The highest BCUT2D eigenvalue weighted by molar-refractivity contribution is 5.66. The molecule has 3 rings (SSSR count). The second-order valence-corrected chi connectivity index (χ2v) is 5.52. The molecule has 0 radical (unpaired) electrons. The van der Waals surface area contributed by atoms with Crippen molar-refractivity contribution in [1.82, 2.24) is 0 Å². The molecule has 1 aromatic rings. The first kappa shape index (κ1) is 14.2. The lowest BCUT2D eigenvalue weighted by atomic mass is 9.89. The lowest BCUT2D eigenvalue weighted by Gasteiger charge is -2.36. The molecule has 1 aromatic carbocycles. The molecule has 2 aliphatic rings. The molecular weight excluding hydrogens is 268 g/mol. The lowest BCUT2D eigenvalue weighted by Crippen LogP contribution is -2.39. The molecule has 0 atom stereocenters. The second kappa shape index (κ2) is 5.92. The van der Waals surface area contributed by atoms with Gasteiger partial charge in [-0.05, 0) is 25.0 Å². The van der Waals surface area contributed by atoms with Crippen LogP contribution in [0.15, 0.2) is 18.2 Å². The van der Waals surface area contributed by atoms with Crippen LogP contribution in [-0.2, 0) is 9.47 Å². The molecule has 1 heterocycles. The Morgan fingerprint density at radius 3 is 2.62 bits per heavy atom. The van der Waals surface area contributed by atoms with Gasteiger partial charge >= 0.3 is 0 Å². The Bertz CT molecular complexity index is 537. The highest BCUT2D eigenvalue weighted by Gasteiger charge is 2.40. The fraction of sp³-hybridized carbons (Fsp3) is 0.562. The van der Waals surface area contributed by atoms with Crippen LogP contribution in [0.25, 0.3) is 0 Å². The molecule has 1 saturated carbocycles. The SMILES string of the molecule is COc1cccc(C#N)c1NC1CCC2(CC1)OCCO2. The van der Waals surface area contributed by atoms with Gasteiger partial charge in [-0.3, -0.25) is 0 Å². The summed E-state index contributed by atoms with van der Waals surface area (Å²) in [5, 5.41) is 12.7. The van der Waals surface area contributed by atoms with E-state index in [0.717, 1.165) is 31.4 Å². The Morgan fingerprint density at radius 1 is 1.29 bits per heavy atom. The van der Waals surface area contributed by atoms with Gasteiger partial charge in [0, 0.05) is 18.9 Å². The zero-order chi connectivity index (χ0) is 14.7. The number of ether oxygens (including phenoxy) is 3. The van der Waals surface area contributed by atoms with E-state index < -0.39 is 0 Å². The number of nitriles is 1. The topological polar surface area (TPSA) is 63.5 Å². The summed E-state index contributed by atoms with van der Waals surface area (Å²) in [6, 6.07) is 8.04. The largest absolute Gasteiger partial charge is 0.495 e. The highest BCUT2D eigenvalue weighted by atomic mass is 16.7. The Labute approximate surface area is 124 Å². The first-order chi connectivity index (χ1) is 10.3. The molecule has 0 aromatic heterocycles. The smallest absolute Gasteiger partial charge is 0.168 e. The molecule has 5 heteroatoms. The Balaban J connectivity index is 1.69. The third-order valence-electron chi connectivity index (χ3n) is 4.28. The number of hydrogen-bond donors (Lipinski definition) is 1. The van der Waals surface area contributed by atoms with Crippen LogP contribution in [0.4, 0.5) is 5.69 Å². The van der Waals surface area contributed by atoms with E-state index in [0.29, 0.717) is 30.6 Å². The number of hydrogen-bond acceptors (Lipinski definition) is 5. The Kier molecular flexibility index (Phi) is 4.00. The summed E-state index contributed by atoms with van der Waals surface area (Å²) >= 11 is 0. The average Bonchev–Trinajstić information content (AvgIpc) is 2.98. The van der Waals surface area contributed by atoms with Crippen molar-refractivity contribution < 1.29 is 14.2 Å². The summed E-state index contributed by atoms with van der Waals surface area (Å²) in [6.07, 6.45) is 3.70. The van der Waals surface area contributed by atoms with E-state index in [-0.39, 0.29) is 5.79 Å². The van der Waals surface area contributed by atoms with Gasteiger partial charge in [-0.15, -0.1) is 0 Å². The van der Waals surface area contributed by atoms with E-state index >= 15 is 0 Å². The first-order valence-electron chi connectivity index (χ1n) is 7.38. The first-order valence-corrected chi connectivity index (χ1v) is 7.38. The molecule has 1 aliphatic carbocycles. The third kappa shape index (κ3) is 2.82. The number of benzene rings is 1. The maximum atomic E-state index is 9.25. The lowest BCUT2D eigenvalue weighted by molar-refractivity contribution is -0.177. The summed E-state index contributed by atoms with van der Waals surface area (Å²) in [6.45, 7) is 1.40. The number of para-hydroxylation sites is 1. The standard InChI is InChI=1S/C16H20N2O3/c1-19-14-4-2-3-12(11-17)15(14)18-13-5-7-16(8-6-13)20-9-10-21-16/h2-4,13,18H,5-10H2,1H3. The van der Waals surface area contributed by atoms with Crippen LogP contribution in [0.2, 0.25) is 0 Å². The van der Waals surface area contributed by atoms with Crippen LogP contribution >= 0.6 is 0 Å². The van der Waals surface area contributed by atoms with Crippen LogP contribution in [-0.4, -0.2) is 32.2 Å². The van der Waals surface area contributed by atoms with Crippen molar-refractivity contribution >= 4 is 5.69 Å². The molecule has 0 unspecified atom stereocenters. The molecule has 2 fully saturated rings. The van der Waals surface area contributed by atoms with Gasteiger partial charge in [0.15, 0.2) is 5.79 Å². The summed E-state index contributed by atoms with van der Waals surface area (Å²) in [5.74, 6) is 0.361. The molecule has 5 nitrogen and oxygen atoms in total. The zero-order valence-corrected chi connectivity index (χ0v) is 12.2. The molecular formula is C16H20N2O3. The Morgan fingerprint density at radius 2 is 2.00 bits per heavy atom. The maximum Gasteiger partial charge on any atom is 0.168 e. The molecule has 1 aliphatic heterocycles. The van der Waals surface area contributed by atoms with Gasteiger partial charge in [0.2, 0.25) is 0 Å². The normalized spacial score (nSPS) is 21.1. The van der Waals surface area contributed by atoms with Gasteiger partial charge in [-0.1, -0.05) is 6.07 Å². The Hall–Kier alpha value is -1.77. The molecule has 1 N–H and O–H groups in total. The number of nitrogens with zero attached hydrogens (tertiary/aromatic N) is 1. The number of rotatable bonds is 3. The molecule has 21 heavy (non-hydrogen) atoms. The monoisotopic (exact) mass is 288 g/mol. The van der Waals surface area contributed by atoms with Crippen molar-refractivity contribution in [1.29, 1.82) is 5.26 Å². The van der Waals surface area contributed by atoms with Gasteiger partial charge in [0.1, 0.15) is 11.8 Å². The van der Waals surface area contributed by atoms with Crippen molar-refractivity contribution in [2.75, 3.05) is 25.6 Å². The van der Waals surface area contributed by atoms with Crippen LogP contribution in [0.1, 0.15) is 31.2 Å². The highest BCUT2D eigenvalue weighted by Crippen LogP contribution is 2.38. The summed E-state index contributed by atoms with van der Waals surface area (Å²) < 4.78 is 16.8. The number of anilines is 1. The summed E-state index contributed by atoms with van der Waals surface area (Å²) in [5.41, 5.74) is 1.40. The van der Waals surface area contributed by atoms with E-state index in [9.17, 15) is 5.26 Å². The van der Waals surface area contributed by atoms with Crippen LogP contribution < -0.4 is 10.1 Å². The van der Waals surface area contributed by atoms with Crippen molar-refractivity contribution in [3.05, 3.63) is 23.8 Å². The van der Waals surface area contributed by atoms with Crippen molar-refractivity contribution in [3.8, 4) is 11.8 Å². The van der Waals surface area contributed by atoms with E-state index in [1.807, 2.05) is 12.1 Å². The molecule has 0 bridgehead atoms. The van der Waals surface area contributed by atoms with Gasteiger partial charge in [0.25, 0.3) is 0 Å². The van der Waals surface area contributed by atoms with Crippen molar-refractivity contribution in [3.63, 3.8) is 0 Å². The average molecular weight is 288 g/mol. The minimum atomic E-state index is -0.350. The van der Waals surface area contributed by atoms with E-state index in [2.05, 4.69) is 11.4 Å². The van der Waals surface area contributed by atoms with Gasteiger partial charge < -0.3 is 19.5 Å². The predicted molar refractivity (Wildman–Crippen MR) is 78.2 cm³/mol. The summed E-state index contributed by atoms with van der Waals surface area (Å²) in [4.78, 5) is 0. The van der Waals surface area contributed by atoms with E-state index in [4.69, 9.17) is 14.2 Å². The third-order valence-corrected chi connectivity index (χ3v) is 4.28. The van der Waals surface area contributed by atoms with Crippen molar-refractivity contribution in [2.24, 2.45) is 0 Å². The quantitative estimate of drug-likeness (QED) is 0.926. The minimum Gasteiger partial charge on any atom is -0.495 e. The van der Waals surface area contributed by atoms with Crippen molar-refractivity contribution in [2.45, 2.75) is 37.5 Å². The van der Waals surface area contributed by atoms with E-state index in [1.54, 1.807) is 13.2 Å². The summed E-state index contributed by atoms with van der Waals surface area (Å²) in [7, 11) is 1.62. The molecule has 0 amide bonds. The van der Waals surface area contributed by atoms with E-state index in [1.165, 1.54) is 0 Å². The van der Waals surface area contributed by atoms with Gasteiger partial charge in [-0.25, -0.2) is 0 Å². The van der Waals surface area contributed by atoms with Gasteiger partial charge in [0.05, 0.1) is 31.6 Å². The number of methoxy groups -OCH3 is 1. The second-order valence-electron chi connectivity index (χ2n) is 5.52. The zero-order valence-electron chi connectivity index (χ0n) is 12.2. The predicted octanol–water partition coefficient (Wildman–Crippen LogP) is 2.66. The van der Waals surface area contributed by atoms with Crippen LogP contribution in [0, 0.1) is 11.3 Å².